The van der Waals surface area contributed by atoms with Gasteiger partial charge in [-0.25, -0.2) is 14.3 Å². The van der Waals surface area contributed by atoms with Crippen molar-refractivity contribution in [3.8, 4) is 0 Å². The van der Waals surface area contributed by atoms with Crippen molar-refractivity contribution in [2.45, 2.75) is 11.2 Å². The number of aromatic nitrogens is 3. The Hall–Kier alpha value is -2.81. The van der Waals surface area contributed by atoms with Crippen LogP contribution in [-0.2, 0) is 9.53 Å². The van der Waals surface area contributed by atoms with Crippen molar-refractivity contribution in [1.29, 1.82) is 0 Å². The summed E-state index contributed by atoms with van der Waals surface area (Å²) in [6.45, 7) is 0. The number of carboxylic acids is 1. The lowest BCUT2D eigenvalue weighted by atomic mass is 10.0. The number of anilines is 1. The third-order valence-corrected chi connectivity index (χ3v) is 4.07. The van der Waals surface area contributed by atoms with Crippen molar-refractivity contribution < 1.29 is 19.4 Å². The molecular weight excluding hydrogens is 332 g/mol. The van der Waals surface area contributed by atoms with Gasteiger partial charge in [-0.3, -0.25) is 0 Å². The number of carboxylic acid groups (broad SMARTS) is 1. The molecule has 9 heteroatoms. The largest absolute Gasteiger partial charge is 0.477 e. The zero-order valence-corrected chi connectivity index (χ0v) is 13.7. The van der Waals surface area contributed by atoms with Crippen LogP contribution in [0.1, 0.15) is 22.0 Å². The number of rotatable bonds is 4. The van der Waals surface area contributed by atoms with E-state index in [1.54, 1.807) is 35.0 Å². The molecule has 0 fully saturated rings. The number of ether oxygens (including phenoxy) is 1. The summed E-state index contributed by atoms with van der Waals surface area (Å²) in [6, 6.07) is 6.30. The number of nitrogens with one attached hydrogen (secondary N) is 1. The lowest BCUT2D eigenvalue weighted by Crippen LogP contribution is -2.24. The van der Waals surface area contributed by atoms with Gasteiger partial charge in [0.1, 0.15) is 11.7 Å². The average Bonchev–Trinajstić information content (AvgIpc) is 3.03. The minimum atomic E-state index is -1.08. The zero-order valence-electron chi connectivity index (χ0n) is 12.9. The van der Waals surface area contributed by atoms with Crippen LogP contribution < -0.4 is 5.32 Å². The number of esters is 1. The lowest BCUT2D eigenvalue weighted by molar-refractivity contribution is -0.132. The molecule has 3 rings (SSSR count). The highest BCUT2D eigenvalue weighted by atomic mass is 32.2. The number of nitrogens with zero attached hydrogens (tertiary/aromatic N) is 3. The second-order valence-corrected chi connectivity index (χ2v) is 5.71. The molecule has 0 unspecified atom stereocenters. The third kappa shape index (κ3) is 2.85. The molecule has 2 heterocycles. The van der Waals surface area contributed by atoms with Gasteiger partial charge < -0.3 is 15.2 Å². The van der Waals surface area contributed by atoms with E-state index in [1.807, 2.05) is 6.26 Å². The number of carbonyl (C=O) groups is 2. The Balaban J connectivity index is 2.03. The molecule has 0 radical (unpaired) electrons. The summed E-state index contributed by atoms with van der Waals surface area (Å²) in [5.41, 5.74) is 1.23. The van der Waals surface area contributed by atoms with Gasteiger partial charge in [-0.1, -0.05) is 23.9 Å². The topological polar surface area (TPSA) is 106 Å². The Labute approximate surface area is 141 Å². The molecule has 24 heavy (non-hydrogen) atoms. The predicted molar refractivity (Wildman–Crippen MR) is 87.1 cm³/mol. The molecule has 0 saturated carbocycles. The monoisotopic (exact) mass is 346 g/mol. The molecule has 0 aliphatic carbocycles. The number of allylic oxidation sites excluding steroid dienone is 1. The molecule has 8 nitrogen and oxygen atoms in total. The fourth-order valence-corrected chi connectivity index (χ4v) is 2.70. The Bertz CT molecular complexity index is 828. The van der Waals surface area contributed by atoms with Crippen LogP contribution in [0.5, 0.6) is 0 Å². The zero-order chi connectivity index (χ0) is 17.3. The molecule has 1 aliphatic rings. The van der Waals surface area contributed by atoms with Crippen molar-refractivity contribution in [3.05, 3.63) is 47.2 Å². The molecule has 0 spiro atoms. The van der Waals surface area contributed by atoms with Crippen molar-refractivity contribution in [2.24, 2.45) is 0 Å². The van der Waals surface area contributed by atoms with E-state index >= 15 is 0 Å². The van der Waals surface area contributed by atoms with Crippen molar-refractivity contribution in [2.75, 3.05) is 18.7 Å². The van der Waals surface area contributed by atoms with Gasteiger partial charge in [-0.2, -0.15) is 4.98 Å². The van der Waals surface area contributed by atoms with Gasteiger partial charge in [0.05, 0.1) is 12.7 Å². The maximum atomic E-state index is 11.5. The number of benzene rings is 1. The van der Waals surface area contributed by atoms with Crippen LogP contribution in [0.3, 0.4) is 0 Å². The van der Waals surface area contributed by atoms with E-state index in [1.165, 1.54) is 18.9 Å². The van der Waals surface area contributed by atoms with Gasteiger partial charge in [-0.15, -0.1) is 5.10 Å². The van der Waals surface area contributed by atoms with Crippen molar-refractivity contribution in [1.82, 2.24) is 14.8 Å². The first-order valence-corrected chi connectivity index (χ1v) is 8.17. The lowest BCUT2D eigenvalue weighted by Gasteiger charge is -2.22. The minimum Gasteiger partial charge on any atom is -0.477 e. The van der Waals surface area contributed by atoms with E-state index < -0.39 is 18.0 Å². The summed E-state index contributed by atoms with van der Waals surface area (Å²) < 4.78 is 6.29. The van der Waals surface area contributed by atoms with Gasteiger partial charge in [0.2, 0.25) is 11.1 Å². The first-order valence-electron chi connectivity index (χ1n) is 6.94. The van der Waals surface area contributed by atoms with Crippen LogP contribution >= 0.6 is 11.8 Å². The van der Waals surface area contributed by atoms with Crippen LogP contribution in [0.25, 0.3) is 0 Å². The van der Waals surface area contributed by atoms with Crippen LogP contribution in [0, 0.1) is 0 Å². The SMILES string of the molecule is COC(=O)c1ccc([C@H]2C=C(C(=O)O)Nc3nc(SC)nn32)cc1. The number of aliphatic carboxylic acids is 1. The maximum Gasteiger partial charge on any atom is 0.352 e. The fourth-order valence-electron chi connectivity index (χ4n) is 2.36. The molecule has 2 aromatic rings. The molecule has 0 bridgehead atoms. The van der Waals surface area contributed by atoms with E-state index in [-0.39, 0.29) is 5.70 Å². The van der Waals surface area contributed by atoms with Crippen LogP contribution in [0.15, 0.2) is 41.2 Å². The molecule has 0 saturated heterocycles. The summed E-state index contributed by atoms with van der Waals surface area (Å²) in [7, 11) is 1.32. The second-order valence-electron chi connectivity index (χ2n) is 4.94. The number of fused-ring (bicyclic) bond motifs is 1. The van der Waals surface area contributed by atoms with Crippen LogP contribution in [0.2, 0.25) is 0 Å². The molecule has 1 aromatic carbocycles. The molecular formula is C15H14N4O4S. The van der Waals surface area contributed by atoms with Gasteiger partial charge in [0, 0.05) is 0 Å². The first-order chi connectivity index (χ1) is 11.5. The third-order valence-electron chi connectivity index (χ3n) is 3.53. The molecule has 1 aromatic heterocycles. The van der Waals surface area contributed by atoms with Crippen molar-refractivity contribution in [3.63, 3.8) is 0 Å². The van der Waals surface area contributed by atoms with Crippen molar-refractivity contribution >= 4 is 29.6 Å². The summed E-state index contributed by atoms with van der Waals surface area (Å²) >= 11 is 1.36. The normalized spacial score (nSPS) is 15.9. The Morgan fingerprint density at radius 1 is 1.33 bits per heavy atom. The summed E-state index contributed by atoms with van der Waals surface area (Å²) in [4.78, 5) is 27.1. The summed E-state index contributed by atoms with van der Waals surface area (Å²) in [5.74, 6) is -1.15. The highest BCUT2D eigenvalue weighted by Gasteiger charge is 2.27. The summed E-state index contributed by atoms with van der Waals surface area (Å²) in [6.07, 6.45) is 3.40. The van der Waals surface area contributed by atoms with E-state index in [0.29, 0.717) is 16.7 Å². The van der Waals surface area contributed by atoms with Gasteiger partial charge in [-0.05, 0) is 30.0 Å². The number of thioether (sulfide) groups is 1. The number of carbonyl (C=O) groups excluding carboxylic acids is 1. The average molecular weight is 346 g/mol. The summed E-state index contributed by atoms with van der Waals surface area (Å²) in [5, 5.41) is 16.9. The number of hydrogen-bond donors (Lipinski definition) is 2. The standard InChI is InChI=1S/C15H14N4O4S/c1-23-13(22)9-5-3-8(4-6-9)11-7-10(12(20)21)16-14-17-15(24-2)18-19(11)14/h3-7,11H,1-2H3,(H,20,21)(H,16,17,18)/t11-/m1/s1. The predicted octanol–water partition coefficient (Wildman–Crippen LogP) is 1.77. The molecule has 1 atom stereocenters. The van der Waals surface area contributed by atoms with E-state index in [2.05, 4.69) is 20.1 Å². The molecule has 1 aliphatic heterocycles. The van der Waals surface area contributed by atoms with E-state index in [9.17, 15) is 14.7 Å². The Kier molecular flexibility index (Phi) is 4.26. The quantitative estimate of drug-likeness (QED) is 0.637. The molecule has 0 amide bonds. The Morgan fingerprint density at radius 2 is 2.04 bits per heavy atom. The van der Waals surface area contributed by atoms with Crippen LogP contribution in [0.4, 0.5) is 5.95 Å². The van der Waals surface area contributed by atoms with E-state index in [0.717, 1.165) is 5.56 Å². The van der Waals surface area contributed by atoms with Crippen LogP contribution in [-0.4, -0.2) is 45.2 Å². The van der Waals surface area contributed by atoms with Gasteiger partial charge in [0.25, 0.3) is 0 Å². The van der Waals surface area contributed by atoms with Gasteiger partial charge >= 0.3 is 11.9 Å². The second kappa shape index (κ2) is 6.36. The van der Waals surface area contributed by atoms with E-state index in [4.69, 9.17) is 0 Å². The first kappa shape index (κ1) is 16.1. The number of hydrogen-bond acceptors (Lipinski definition) is 7. The minimum absolute atomic E-state index is 0.0320. The number of methoxy groups -OCH3 is 1. The van der Waals surface area contributed by atoms with Gasteiger partial charge in [0.15, 0.2) is 0 Å². The Morgan fingerprint density at radius 3 is 2.62 bits per heavy atom. The smallest absolute Gasteiger partial charge is 0.352 e. The molecule has 124 valence electrons. The highest BCUT2D eigenvalue weighted by molar-refractivity contribution is 7.98. The fraction of sp³-hybridized carbons (Fsp3) is 0.200. The molecule has 2 N–H and O–H groups in total. The maximum absolute atomic E-state index is 11.5. The highest BCUT2D eigenvalue weighted by Crippen LogP contribution is 2.30.